The summed E-state index contributed by atoms with van der Waals surface area (Å²) < 4.78 is 14.3. The first-order valence-electron chi connectivity index (χ1n) is 5.33. The molecular weight excluding hydrogens is 356 g/mol. The smallest absolute Gasteiger partial charge is 0.146 e. The summed E-state index contributed by atoms with van der Waals surface area (Å²) in [5.74, 6) is -0.440. The van der Waals surface area contributed by atoms with E-state index in [4.69, 9.17) is 23.2 Å². The lowest BCUT2D eigenvalue weighted by Gasteiger charge is -2.11. The highest BCUT2D eigenvalue weighted by molar-refractivity contribution is 9.10. The highest BCUT2D eigenvalue weighted by Gasteiger charge is 2.09. The van der Waals surface area contributed by atoms with Crippen LogP contribution in [0.15, 0.2) is 34.8 Å². The van der Waals surface area contributed by atoms with Crippen molar-refractivity contribution in [3.05, 3.63) is 56.2 Å². The van der Waals surface area contributed by atoms with Crippen LogP contribution in [0.4, 0.5) is 10.1 Å². The summed E-state index contributed by atoms with van der Waals surface area (Å²) in [5, 5.41) is 13.3. The number of rotatable bonds is 3. The Kier molecular flexibility index (Phi) is 4.55. The molecule has 0 heterocycles. The fourth-order valence-electron chi connectivity index (χ4n) is 1.58. The minimum absolute atomic E-state index is 0.0611. The molecule has 0 spiro atoms. The number of halogens is 4. The van der Waals surface area contributed by atoms with Crippen LogP contribution in [0, 0.1) is 5.82 Å². The van der Waals surface area contributed by atoms with Gasteiger partial charge >= 0.3 is 0 Å². The van der Waals surface area contributed by atoms with Gasteiger partial charge in [-0.25, -0.2) is 4.39 Å². The average molecular weight is 365 g/mol. The number of hydrogen-bond donors (Lipinski definition) is 2. The van der Waals surface area contributed by atoms with Crippen molar-refractivity contribution in [1.82, 2.24) is 0 Å². The van der Waals surface area contributed by atoms with Crippen molar-refractivity contribution < 1.29 is 9.50 Å². The first-order valence-corrected chi connectivity index (χ1v) is 6.88. The SMILES string of the molecule is Oc1c(Cl)cc(Cl)cc1CNc1cc(Br)ccc1F. The van der Waals surface area contributed by atoms with Crippen LogP contribution < -0.4 is 5.32 Å². The summed E-state index contributed by atoms with van der Waals surface area (Å²) in [5.41, 5.74) is 0.821. The zero-order valence-electron chi connectivity index (χ0n) is 9.55. The molecule has 2 rings (SSSR count). The Morgan fingerprint density at radius 2 is 1.95 bits per heavy atom. The number of phenolic OH excluding ortho intramolecular Hbond substituents is 1. The highest BCUT2D eigenvalue weighted by Crippen LogP contribution is 2.32. The Morgan fingerprint density at radius 3 is 2.68 bits per heavy atom. The first-order chi connectivity index (χ1) is 8.97. The molecule has 0 unspecified atom stereocenters. The van der Waals surface area contributed by atoms with Crippen molar-refractivity contribution in [2.45, 2.75) is 6.54 Å². The molecular formula is C13H9BrCl2FNO. The zero-order chi connectivity index (χ0) is 14.0. The lowest BCUT2D eigenvalue weighted by Crippen LogP contribution is -2.02. The third-order valence-electron chi connectivity index (χ3n) is 2.50. The first kappa shape index (κ1) is 14.4. The summed E-state index contributed by atoms with van der Waals surface area (Å²) >= 11 is 14.9. The van der Waals surface area contributed by atoms with Gasteiger partial charge in [0.15, 0.2) is 0 Å². The molecule has 0 atom stereocenters. The summed E-state index contributed by atoms with van der Waals surface area (Å²) in [4.78, 5) is 0. The molecule has 19 heavy (non-hydrogen) atoms. The maximum absolute atomic E-state index is 13.5. The Hall–Kier alpha value is -0.970. The zero-order valence-corrected chi connectivity index (χ0v) is 12.7. The number of nitrogens with one attached hydrogen (secondary N) is 1. The van der Waals surface area contributed by atoms with Gasteiger partial charge in [-0.3, -0.25) is 0 Å². The van der Waals surface area contributed by atoms with E-state index in [9.17, 15) is 9.50 Å². The van der Waals surface area contributed by atoms with Crippen LogP contribution >= 0.6 is 39.1 Å². The van der Waals surface area contributed by atoms with Crippen molar-refractivity contribution in [2.75, 3.05) is 5.32 Å². The lowest BCUT2D eigenvalue weighted by atomic mass is 10.2. The van der Waals surface area contributed by atoms with Gasteiger partial charge in [0, 0.05) is 21.6 Å². The normalized spacial score (nSPS) is 10.5. The summed E-state index contributed by atoms with van der Waals surface area (Å²) in [6.45, 7) is 0.208. The Morgan fingerprint density at radius 1 is 1.21 bits per heavy atom. The van der Waals surface area contributed by atoms with E-state index in [1.165, 1.54) is 12.1 Å². The van der Waals surface area contributed by atoms with Gasteiger partial charge in [-0.1, -0.05) is 39.1 Å². The minimum atomic E-state index is -0.379. The van der Waals surface area contributed by atoms with Gasteiger partial charge < -0.3 is 10.4 Å². The molecule has 0 aliphatic rings. The predicted molar refractivity (Wildman–Crippen MR) is 79.6 cm³/mol. The molecule has 0 aromatic heterocycles. The van der Waals surface area contributed by atoms with Gasteiger partial charge in [0.25, 0.3) is 0 Å². The van der Waals surface area contributed by atoms with E-state index in [1.54, 1.807) is 18.2 Å². The molecule has 6 heteroatoms. The highest BCUT2D eigenvalue weighted by atomic mass is 79.9. The van der Waals surface area contributed by atoms with Gasteiger partial charge in [-0.15, -0.1) is 0 Å². The van der Waals surface area contributed by atoms with Crippen molar-refractivity contribution in [3.8, 4) is 5.75 Å². The van der Waals surface area contributed by atoms with Crippen LogP contribution in [0.25, 0.3) is 0 Å². The molecule has 0 saturated heterocycles. The van der Waals surface area contributed by atoms with Gasteiger partial charge in [-0.2, -0.15) is 0 Å². The van der Waals surface area contributed by atoms with E-state index < -0.39 is 0 Å². The standard InChI is InChI=1S/C13H9BrCl2FNO/c14-8-1-2-11(17)12(4-8)18-6-7-3-9(15)5-10(16)13(7)19/h1-5,18-19H,6H2. The number of anilines is 1. The predicted octanol–water partition coefficient (Wildman–Crippen LogP) is 5.21. The molecule has 2 aromatic rings. The van der Waals surface area contributed by atoms with E-state index in [0.29, 0.717) is 16.3 Å². The minimum Gasteiger partial charge on any atom is -0.506 e. The van der Waals surface area contributed by atoms with E-state index >= 15 is 0 Å². The van der Waals surface area contributed by atoms with Crippen LogP contribution in [0.2, 0.25) is 10.0 Å². The largest absolute Gasteiger partial charge is 0.506 e. The van der Waals surface area contributed by atoms with Crippen LogP contribution in [-0.2, 0) is 6.54 Å². The van der Waals surface area contributed by atoms with E-state index in [2.05, 4.69) is 21.2 Å². The van der Waals surface area contributed by atoms with Crippen LogP contribution in [0.1, 0.15) is 5.56 Å². The van der Waals surface area contributed by atoms with Gasteiger partial charge in [0.2, 0.25) is 0 Å². The molecule has 100 valence electrons. The molecule has 0 radical (unpaired) electrons. The van der Waals surface area contributed by atoms with Gasteiger partial charge in [0.05, 0.1) is 10.7 Å². The van der Waals surface area contributed by atoms with E-state index in [0.717, 1.165) is 4.47 Å². The molecule has 0 saturated carbocycles. The number of phenols is 1. The Bertz CT molecular complexity index is 622. The van der Waals surface area contributed by atoms with E-state index in [1.807, 2.05) is 0 Å². The maximum Gasteiger partial charge on any atom is 0.146 e. The number of aromatic hydroxyl groups is 1. The molecule has 2 N–H and O–H groups in total. The monoisotopic (exact) mass is 363 g/mol. The molecule has 2 nitrogen and oxygen atoms in total. The summed E-state index contributed by atoms with van der Waals surface area (Å²) in [6.07, 6.45) is 0. The van der Waals surface area contributed by atoms with Crippen molar-refractivity contribution in [3.63, 3.8) is 0 Å². The topological polar surface area (TPSA) is 32.3 Å². The van der Waals surface area contributed by atoms with Crippen LogP contribution in [0.5, 0.6) is 5.75 Å². The summed E-state index contributed by atoms with van der Waals surface area (Å²) in [7, 11) is 0. The molecule has 0 aliphatic carbocycles. The third kappa shape index (κ3) is 3.53. The molecule has 0 aliphatic heterocycles. The second-order valence-electron chi connectivity index (χ2n) is 3.87. The fraction of sp³-hybridized carbons (Fsp3) is 0.0769. The fourth-order valence-corrected chi connectivity index (χ4v) is 2.47. The maximum atomic E-state index is 13.5. The van der Waals surface area contributed by atoms with Crippen LogP contribution in [-0.4, -0.2) is 5.11 Å². The van der Waals surface area contributed by atoms with Crippen LogP contribution in [0.3, 0.4) is 0 Å². The van der Waals surface area contributed by atoms with Crippen molar-refractivity contribution >= 4 is 44.8 Å². The molecule has 0 fully saturated rings. The third-order valence-corrected chi connectivity index (χ3v) is 3.50. The second kappa shape index (κ2) is 5.99. The molecule has 0 bridgehead atoms. The second-order valence-corrected chi connectivity index (χ2v) is 5.63. The number of benzene rings is 2. The Balaban J connectivity index is 2.21. The van der Waals surface area contributed by atoms with Crippen molar-refractivity contribution in [2.24, 2.45) is 0 Å². The lowest BCUT2D eigenvalue weighted by molar-refractivity contribution is 0.469. The average Bonchev–Trinajstić information content (AvgIpc) is 2.35. The van der Waals surface area contributed by atoms with Gasteiger partial charge in [0.1, 0.15) is 11.6 Å². The Labute approximate surface area is 128 Å². The van der Waals surface area contributed by atoms with E-state index in [-0.39, 0.29) is 23.1 Å². The van der Waals surface area contributed by atoms with Gasteiger partial charge in [-0.05, 0) is 30.3 Å². The molecule has 0 amide bonds. The summed E-state index contributed by atoms with van der Waals surface area (Å²) in [6, 6.07) is 7.58. The molecule has 2 aromatic carbocycles. The van der Waals surface area contributed by atoms with Crippen molar-refractivity contribution in [1.29, 1.82) is 0 Å². The number of hydrogen-bond acceptors (Lipinski definition) is 2. The quantitative estimate of drug-likeness (QED) is 0.783.